The van der Waals surface area contributed by atoms with E-state index in [1.807, 2.05) is 0 Å². The van der Waals surface area contributed by atoms with Crippen molar-refractivity contribution in [3.05, 3.63) is 54.5 Å². The first-order valence-electron chi connectivity index (χ1n) is 8.86. The third-order valence-electron chi connectivity index (χ3n) is 4.55. The van der Waals surface area contributed by atoms with Gasteiger partial charge in [-0.25, -0.2) is 8.42 Å². The lowest BCUT2D eigenvalue weighted by atomic mass is 10.3. The Hall–Kier alpha value is -2.61. The van der Waals surface area contributed by atoms with Crippen LogP contribution in [-0.4, -0.2) is 62.0 Å². The fraction of sp³-hybridized carbons (Fsp3) is 0.368. The topological polar surface area (TPSA) is 87.9 Å². The zero-order valence-electron chi connectivity index (χ0n) is 14.9. The highest BCUT2D eigenvalue weighted by molar-refractivity contribution is 7.91. The van der Waals surface area contributed by atoms with E-state index < -0.39 is 9.84 Å². The normalized spacial score (nSPS) is 15.4. The van der Waals surface area contributed by atoms with Crippen molar-refractivity contribution in [1.29, 1.82) is 0 Å². The van der Waals surface area contributed by atoms with E-state index in [2.05, 4.69) is 0 Å². The molecule has 0 aliphatic carbocycles. The highest BCUT2D eigenvalue weighted by Gasteiger charge is 2.25. The molecule has 1 aromatic heterocycles. The summed E-state index contributed by atoms with van der Waals surface area (Å²) >= 11 is 0. The average Bonchev–Trinajstić information content (AvgIpc) is 3.11. The van der Waals surface area contributed by atoms with Crippen LogP contribution < -0.4 is 0 Å². The van der Waals surface area contributed by atoms with E-state index in [0.717, 1.165) is 0 Å². The number of rotatable bonds is 5. The Labute approximate surface area is 158 Å². The number of hydrogen-bond donors (Lipinski definition) is 0. The van der Waals surface area contributed by atoms with Crippen molar-refractivity contribution in [1.82, 2.24) is 9.80 Å². The maximum Gasteiger partial charge on any atom is 0.289 e. The van der Waals surface area contributed by atoms with Crippen molar-refractivity contribution in [2.45, 2.75) is 17.7 Å². The van der Waals surface area contributed by atoms with E-state index in [0.29, 0.717) is 32.6 Å². The number of furan rings is 1. The molecule has 0 unspecified atom stereocenters. The van der Waals surface area contributed by atoms with E-state index in [9.17, 15) is 18.0 Å². The third kappa shape index (κ3) is 4.77. The van der Waals surface area contributed by atoms with E-state index in [1.54, 1.807) is 40.1 Å². The van der Waals surface area contributed by atoms with Crippen LogP contribution in [0, 0.1) is 0 Å². The van der Waals surface area contributed by atoms with Gasteiger partial charge in [0.25, 0.3) is 5.91 Å². The predicted molar refractivity (Wildman–Crippen MR) is 98.9 cm³/mol. The van der Waals surface area contributed by atoms with Crippen molar-refractivity contribution in [2.75, 3.05) is 31.9 Å². The summed E-state index contributed by atoms with van der Waals surface area (Å²) in [5, 5.41) is 0. The molecule has 1 aliphatic heterocycles. The Balaban J connectivity index is 1.54. The molecule has 1 fully saturated rings. The van der Waals surface area contributed by atoms with Crippen LogP contribution in [0.3, 0.4) is 0 Å². The zero-order valence-corrected chi connectivity index (χ0v) is 15.7. The summed E-state index contributed by atoms with van der Waals surface area (Å²) in [5.41, 5.74) is 0. The van der Waals surface area contributed by atoms with Gasteiger partial charge in [0, 0.05) is 32.6 Å². The summed E-state index contributed by atoms with van der Waals surface area (Å²) in [5.74, 6) is -0.340. The van der Waals surface area contributed by atoms with Gasteiger partial charge >= 0.3 is 0 Å². The Morgan fingerprint density at radius 3 is 2.33 bits per heavy atom. The van der Waals surface area contributed by atoms with Crippen molar-refractivity contribution in [3.63, 3.8) is 0 Å². The van der Waals surface area contributed by atoms with E-state index in [-0.39, 0.29) is 34.6 Å². The van der Waals surface area contributed by atoms with Gasteiger partial charge < -0.3 is 14.2 Å². The molecule has 0 saturated carbocycles. The molecule has 7 nitrogen and oxygen atoms in total. The highest BCUT2D eigenvalue weighted by atomic mass is 32.2. The first-order valence-corrected chi connectivity index (χ1v) is 10.5. The molecule has 1 aromatic carbocycles. The van der Waals surface area contributed by atoms with Gasteiger partial charge in [0.2, 0.25) is 5.91 Å². The SMILES string of the molecule is O=C(CCS(=O)(=O)c1ccccc1)N1CCCN(C(=O)c2ccco2)CC1. The lowest BCUT2D eigenvalue weighted by Crippen LogP contribution is -2.37. The summed E-state index contributed by atoms with van der Waals surface area (Å²) in [6.45, 7) is 1.82. The summed E-state index contributed by atoms with van der Waals surface area (Å²) in [4.78, 5) is 28.3. The molecule has 0 radical (unpaired) electrons. The first-order chi connectivity index (χ1) is 13.0. The molecule has 2 heterocycles. The molecular formula is C19H22N2O5S. The second kappa shape index (κ2) is 8.39. The number of amides is 2. The van der Waals surface area contributed by atoms with E-state index >= 15 is 0 Å². The van der Waals surface area contributed by atoms with Gasteiger partial charge in [-0.05, 0) is 30.7 Å². The number of benzene rings is 1. The number of hydrogen-bond acceptors (Lipinski definition) is 5. The fourth-order valence-electron chi connectivity index (χ4n) is 3.05. The summed E-state index contributed by atoms with van der Waals surface area (Å²) in [6, 6.07) is 11.4. The number of sulfone groups is 1. The lowest BCUT2D eigenvalue weighted by Gasteiger charge is -2.21. The quantitative estimate of drug-likeness (QED) is 0.777. The van der Waals surface area contributed by atoms with Gasteiger partial charge in [-0.3, -0.25) is 9.59 Å². The smallest absolute Gasteiger partial charge is 0.289 e. The monoisotopic (exact) mass is 390 g/mol. The molecule has 0 atom stereocenters. The zero-order chi connectivity index (χ0) is 19.3. The Bertz CT molecular complexity index is 878. The molecule has 2 amide bonds. The van der Waals surface area contributed by atoms with Crippen molar-refractivity contribution in [2.24, 2.45) is 0 Å². The molecule has 27 heavy (non-hydrogen) atoms. The van der Waals surface area contributed by atoms with Crippen LogP contribution in [0.15, 0.2) is 58.0 Å². The lowest BCUT2D eigenvalue weighted by molar-refractivity contribution is -0.130. The van der Waals surface area contributed by atoms with E-state index in [4.69, 9.17) is 4.42 Å². The average molecular weight is 390 g/mol. The Morgan fingerprint density at radius 1 is 0.926 bits per heavy atom. The number of carbonyl (C=O) groups is 2. The summed E-state index contributed by atoms with van der Waals surface area (Å²) in [6.07, 6.45) is 2.03. The standard InChI is InChI=1S/C19H22N2O5S/c22-18(9-15-27(24,25)16-6-2-1-3-7-16)20-10-5-11-21(13-12-20)19(23)17-8-4-14-26-17/h1-4,6-8,14H,5,9-13,15H2. The molecule has 0 spiro atoms. The molecule has 1 saturated heterocycles. The highest BCUT2D eigenvalue weighted by Crippen LogP contribution is 2.14. The van der Waals surface area contributed by atoms with Crippen LogP contribution in [0.1, 0.15) is 23.4 Å². The van der Waals surface area contributed by atoms with Crippen molar-refractivity contribution >= 4 is 21.7 Å². The second-order valence-electron chi connectivity index (χ2n) is 6.39. The van der Waals surface area contributed by atoms with Crippen molar-refractivity contribution in [3.8, 4) is 0 Å². The molecule has 2 aromatic rings. The molecule has 3 rings (SSSR count). The molecule has 8 heteroatoms. The second-order valence-corrected chi connectivity index (χ2v) is 8.49. The number of nitrogens with zero attached hydrogens (tertiary/aromatic N) is 2. The Morgan fingerprint density at radius 2 is 1.63 bits per heavy atom. The van der Waals surface area contributed by atoms with Gasteiger partial charge in [-0.15, -0.1) is 0 Å². The predicted octanol–water partition coefficient (Wildman–Crippen LogP) is 1.82. The van der Waals surface area contributed by atoms with Gasteiger partial charge in [0.05, 0.1) is 16.9 Å². The van der Waals surface area contributed by atoms with Crippen LogP contribution in [0.5, 0.6) is 0 Å². The van der Waals surface area contributed by atoms with Gasteiger partial charge in [0.1, 0.15) is 0 Å². The number of carbonyl (C=O) groups excluding carboxylic acids is 2. The van der Waals surface area contributed by atoms with Gasteiger partial charge in [0.15, 0.2) is 15.6 Å². The molecule has 0 N–H and O–H groups in total. The largest absolute Gasteiger partial charge is 0.459 e. The summed E-state index contributed by atoms with van der Waals surface area (Å²) in [7, 11) is -3.48. The van der Waals surface area contributed by atoms with Crippen LogP contribution >= 0.6 is 0 Å². The molecule has 0 bridgehead atoms. The molecular weight excluding hydrogens is 368 g/mol. The van der Waals surface area contributed by atoms with Crippen LogP contribution in [-0.2, 0) is 14.6 Å². The first kappa shape index (κ1) is 19.2. The Kier molecular flexibility index (Phi) is 5.95. The van der Waals surface area contributed by atoms with Gasteiger partial charge in [-0.2, -0.15) is 0 Å². The molecule has 144 valence electrons. The van der Waals surface area contributed by atoms with Crippen molar-refractivity contribution < 1.29 is 22.4 Å². The maximum atomic E-state index is 12.5. The minimum Gasteiger partial charge on any atom is -0.459 e. The minimum atomic E-state index is -3.48. The maximum absolute atomic E-state index is 12.5. The van der Waals surface area contributed by atoms with Crippen LogP contribution in [0.4, 0.5) is 0 Å². The van der Waals surface area contributed by atoms with E-state index in [1.165, 1.54) is 18.4 Å². The van der Waals surface area contributed by atoms with Crippen LogP contribution in [0.2, 0.25) is 0 Å². The van der Waals surface area contributed by atoms with Gasteiger partial charge in [-0.1, -0.05) is 18.2 Å². The van der Waals surface area contributed by atoms with Crippen LogP contribution in [0.25, 0.3) is 0 Å². The fourth-order valence-corrected chi connectivity index (χ4v) is 4.30. The molecule has 1 aliphatic rings. The summed E-state index contributed by atoms with van der Waals surface area (Å²) < 4.78 is 29.8. The minimum absolute atomic E-state index is 0.0661. The third-order valence-corrected chi connectivity index (χ3v) is 6.29.